The van der Waals surface area contributed by atoms with Crippen LogP contribution in [-0.4, -0.2) is 24.6 Å². The number of hydrogen-bond donors (Lipinski definition) is 2. The molecule has 170 valence electrons. The van der Waals surface area contributed by atoms with Crippen molar-refractivity contribution in [2.75, 3.05) is 11.9 Å². The minimum Gasteiger partial charge on any atom is -0.490 e. The molecule has 2 N–H and O–H groups in total. The van der Waals surface area contributed by atoms with Crippen molar-refractivity contribution < 1.29 is 19.1 Å². The van der Waals surface area contributed by atoms with Crippen molar-refractivity contribution in [3.05, 3.63) is 88.9 Å². The Morgan fingerprint density at radius 3 is 2.42 bits per heavy atom. The summed E-state index contributed by atoms with van der Waals surface area (Å²) in [5.41, 5.74) is 4.66. The second-order valence-electron chi connectivity index (χ2n) is 6.94. The minimum absolute atomic E-state index is 0.365. The molecule has 3 aromatic rings. The zero-order valence-corrected chi connectivity index (χ0v) is 18.8. The average molecular weight is 466 g/mol. The molecule has 33 heavy (non-hydrogen) atoms. The Hall–Kier alpha value is -3.84. The van der Waals surface area contributed by atoms with Crippen LogP contribution < -0.4 is 20.2 Å². The Morgan fingerprint density at radius 2 is 1.70 bits per heavy atom. The zero-order chi connectivity index (χ0) is 23.5. The summed E-state index contributed by atoms with van der Waals surface area (Å²) in [6, 6.07) is 21.8. The van der Waals surface area contributed by atoms with Crippen molar-refractivity contribution in [3.63, 3.8) is 0 Å². The molecule has 0 fully saturated rings. The Balaban J connectivity index is 1.52. The van der Waals surface area contributed by atoms with Crippen LogP contribution in [0.4, 0.5) is 5.69 Å². The first kappa shape index (κ1) is 23.8. The lowest BCUT2D eigenvalue weighted by molar-refractivity contribution is -0.126. The van der Waals surface area contributed by atoms with Crippen molar-refractivity contribution in [1.82, 2.24) is 5.43 Å². The van der Waals surface area contributed by atoms with E-state index in [1.807, 2.05) is 37.3 Å². The molecule has 0 heterocycles. The van der Waals surface area contributed by atoms with Gasteiger partial charge in [-0.05, 0) is 60.5 Å². The maximum Gasteiger partial charge on any atom is 0.249 e. The molecule has 0 aliphatic rings. The van der Waals surface area contributed by atoms with Crippen LogP contribution in [0.1, 0.15) is 24.5 Å². The van der Waals surface area contributed by atoms with Crippen molar-refractivity contribution in [3.8, 4) is 11.5 Å². The number of anilines is 1. The molecule has 0 saturated carbocycles. The van der Waals surface area contributed by atoms with Gasteiger partial charge in [0.1, 0.15) is 13.0 Å². The Kier molecular flexibility index (Phi) is 8.85. The van der Waals surface area contributed by atoms with E-state index in [-0.39, 0.29) is 6.42 Å². The third-order valence-electron chi connectivity index (χ3n) is 4.36. The molecule has 0 saturated heterocycles. The number of nitrogens with one attached hydrogen (secondary N) is 2. The molecule has 2 amide bonds. The molecule has 0 spiro atoms. The number of ether oxygens (including phenoxy) is 2. The zero-order valence-electron chi connectivity index (χ0n) is 18.1. The monoisotopic (exact) mass is 465 g/mol. The van der Waals surface area contributed by atoms with Gasteiger partial charge in [-0.1, -0.05) is 41.9 Å². The van der Waals surface area contributed by atoms with Gasteiger partial charge in [-0.2, -0.15) is 5.10 Å². The second kappa shape index (κ2) is 12.3. The first-order valence-electron chi connectivity index (χ1n) is 10.3. The first-order chi connectivity index (χ1) is 16.0. The number of carbonyl (C=O) groups excluding carboxylic acids is 2. The lowest BCUT2D eigenvalue weighted by atomic mass is 10.2. The maximum atomic E-state index is 12.0. The fourth-order valence-electron chi connectivity index (χ4n) is 2.83. The molecule has 0 aliphatic heterocycles. The summed E-state index contributed by atoms with van der Waals surface area (Å²) in [5.74, 6) is 0.195. The number of amides is 2. The Bertz CT molecular complexity index is 1100. The van der Waals surface area contributed by atoms with Gasteiger partial charge in [0.25, 0.3) is 0 Å². The standard InChI is InChI=1S/C25H24ClN3O4/c1-2-32-23-14-19(8-13-22(23)33-17-18-6-4-3-5-7-18)16-27-29-25(31)15-24(30)28-21-11-9-20(26)10-12-21/h3-14,16H,2,15,17H2,1H3,(H,28,30)(H,29,31). The van der Waals surface area contributed by atoms with E-state index in [0.717, 1.165) is 5.56 Å². The average Bonchev–Trinajstić information content (AvgIpc) is 2.81. The highest BCUT2D eigenvalue weighted by Crippen LogP contribution is 2.28. The summed E-state index contributed by atoms with van der Waals surface area (Å²) in [4.78, 5) is 24.0. The van der Waals surface area contributed by atoms with Crippen LogP contribution >= 0.6 is 11.6 Å². The van der Waals surface area contributed by atoms with Crippen LogP contribution in [-0.2, 0) is 16.2 Å². The molecule has 0 atom stereocenters. The van der Waals surface area contributed by atoms with Crippen molar-refractivity contribution in [2.24, 2.45) is 5.10 Å². The largest absolute Gasteiger partial charge is 0.490 e. The molecule has 0 bridgehead atoms. The van der Waals surface area contributed by atoms with Gasteiger partial charge in [-0.25, -0.2) is 5.43 Å². The lowest BCUT2D eigenvalue weighted by Gasteiger charge is -2.12. The van der Waals surface area contributed by atoms with Crippen LogP contribution in [0.15, 0.2) is 77.9 Å². The number of carbonyl (C=O) groups is 2. The van der Waals surface area contributed by atoms with Gasteiger partial charge in [-0.15, -0.1) is 0 Å². The molecule has 0 radical (unpaired) electrons. The van der Waals surface area contributed by atoms with E-state index in [4.69, 9.17) is 21.1 Å². The molecule has 8 heteroatoms. The van der Waals surface area contributed by atoms with E-state index in [2.05, 4.69) is 15.8 Å². The van der Waals surface area contributed by atoms with Crippen molar-refractivity contribution >= 4 is 35.3 Å². The lowest BCUT2D eigenvalue weighted by Crippen LogP contribution is -2.24. The summed E-state index contributed by atoms with van der Waals surface area (Å²) >= 11 is 5.81. The highest BCUT2D eigenvalue weighted by Gasteiger charge is 2.10. The first-order valence-corrected chi connectivity index (χ1v) is 10.7. The van der Waals surface area contributed by atoms with Crippen molar-refractivity contribution in [1.29, 1.82) is 0 Å². The Labute approximate surface area is 197 Å². The number of halogens is 1. The highest BCUT2D eigenvalue weighted by molar-refractivity contribution is 6.30. The predicted molar refractivity (Wildman–Crippen MR) is 129 cm³/mol. The molecular weight excluding hydrogens is 442 g/mol. The SMILES string of the molecule is CCOc1cc(C=NNC(=O)CC(=O)Nc2ccc(Cl)cc2)ccc1OCc1ccccc1. The number of hydrazone groups is 1. The van der Waals surface area contributed by atoms with Gasteiger partial charge in [-0.3, -0.25) is 9.59 Å². The van der Waals surface area contributed by atoms with Crippen LogP contribution in [0, 0.1) is 0 Å². The van der Waals surface area contributed by atoms with E-state index >= 15 is 0 Å². The highest BCUT2D eigenvalue weighted by atomic mass is 35.5. The predicted octanol–water partition coefficient (Wildman–Crippen LogP) is 4.80. The number of hydrogen-bond acceptors (Lipinski definition) is 5. The molecule has 3 rings (SSSR count). The molecule has 0 unspecified atom stereocenters. The third kappa shape index (κ3) is 7.97. The number of nitrogens with zero attached hydrogens (tertiary/aromatic N) is 1. The summed E-state index contributed by atoms with van der Waals surface area (Å²) in [6.45, 7) is 2.78. The molecule has 0 aliphatic carbocycles. The van der Waals surface area contributed by atoms with Gasteiger partial charge in [0.05, 0.1) is 12.8 Å². The number of benzene rings is 3. The van der Waals surface area contributed by atoms with Crippen molar-refractivity contribution in [2.45, 2.75) is 20.0 Å². The fourth-order valence-corrected chi connectivity index (χ4v) is 2.96. The van der Waals surface area contributed by atoms with E-state index < -0.39 is 11.8 Å². The van der Waals surface area contributed by atoms with Gasteiger partial charge >= 0.3 is 0 Å². The topological polar surface area (TPSA) is 89.0 Å². The van der Waals surface area contributed by atoms with E-state index in [1.54, 1.807) is 42.5 Å². The summed E-state index contributed by atoms with van der Waals surface area (Å²) in [7, 11) is 0. The van der Waals surface area contributed by atoms with E-state index in [1.165, 1.54) is 6.21 Å². The molecule has 3 aromatic carbocycles. The van der Waals surface area contributed by atoms with Gasteiger partial charge < -0.3 is 14.8 Å². The maximum absolute atomic E-state index is 12.0. The van der Waals surface area contributed by atoms with Gasteiger partial charge in [0.15, 0.2) is 11.5 Å². The quantitative estimate of drug-likeness (QED) is 0.256. The normalized spacial score (nSPS) is 10.6. The van der Waals surface area contributed by atoms with Crippen LogP contribution in [0.5, 0.6) is 11.5 Å². The van der Waals surface area contributed by atoms with E-state index in [9.17, 15) is 9.59 Å². The molecule has 0 aromatic heterocycles. The summed E-state index contributed by atoms with van der Waals surface area (Å²) < 4.78 is 11.6. The Morgan fingerprint density at radius 1 is 0.939 bits per heavy atom. The van der Waals surface area contributed by atoms with Crippen LogP contribution in [0.2, 0.25) is 5.02 Å². The van der Waals surface area contributed by atoms with Gasteiger partial charge in [0.2, 0.25) is 11.8 Å². The summed E-state index contributed by atoms with van der Waals surface area (Å²) in [5, 5.41) is 7.10. The molecule has 7 nitrogen and oxygen atoms in total. The smallest absolute Gasteiger partial charge is 0.249 e. The van der Waals surface area contributed by atoms with E-state index in [0.29, 0.717) is 41.0 Å². The summed E-state index contributed by atoms with van der Waals surface area (Å²) in [6.07, 6.45) is 1.11. The number of rotatable bonds is 10. The third-order valence-corrected chi connectivity index (χ3v) is 4.61. The van der Waals surface area contributed by atoms with Crippen LogP contribution in [0.25, 0.3) is 0 Å². The molecular formula is C25H24ClN3O4. The second-order valence-corrected chi connectivity index (χ2v) is 7.37. The fraction of sp³-hybridized carbons (Fsp3) is 0.160. The van der Waals surface area contributed by atoms with Crippen LogP contribution in [0.3, 0.4) is 0 Å². The van der Waals surface area contributed by atoms with Gasteiger partial charge in [0, 0.05) is 10.7 Å². The minimum atomic E-state index is -0.537.